The highest BCUT2D eigenvalue weighted by atomic mass is 35.5. The van der Waals surface area contributed by atoms with Gasteiger partial charge in [-0.1, -0.05) is 60.1 Å². The summed E-state index contributed by atoms with van der Waals surface area (Å²) in [4.78, 5) is 5.69. The maximum Gasteiger partial charge on any atom is 0.245 e. The minimum atomic E-state index is -4.05. The Kier molecular flexibility index (Phi) is 7.36. The van der Waals surface area contributed by atoms with Gasteiger partial charge < -0.3 is 10.2 Å². The third kappa shape index (κ3) is 5.30. The number of piperazine rings is 1. The molecule has 7 nitrogen and oxygen atoms in total. The van der Waals surface area contributed by atoms with Crippen LogP contribution in [0.25, 0.3) is 0 Å². The van der Waals surface area contributed by atoms with Crippen molar-refractivity contribution in [3.63, 3.8) is 0 Å². The Balaban J connectivity index is 1.70. The molecule has 0 aliphatic carbocycles. The molecule has 3 aromatic rings. The number of nitrogens with zero attached hydrogens (tertiary/aromatic N) is 4. The first-order chi connectivity index (χ1) is 16.8. The molecule has 0 amide bonds. The fraction of sp³-hybridized carbons (Fsp3) is 0.200. The van der Waals surface area contributed by atoms with Crippen molar-refractivity contribution in [2.75, 3.05) is 25.0 Å². The lowest BCUT2D eigenvalue weighted by Gasteiger charge is -2.41. The molecule has 0 spiro atoms. The van der Waals surface area contributed by atoms with E-state index in [2.05, 4.69) is 10.3 Å². The van der Waals surface area contributed by atoms with Crippen LogP contribution in [-0.2, 0) is 10.0 Å². The molecule has 3 aromatic carbocycles. The number of sulfonamides is 1. The van der Waals surface area contributed by atoms with Crippen molar-refractivity contribution in [3.8, 4) is 6.19 Å². The first-order valence-electron chi connectivity index (χ1n) is 10.9. The lowest BCUT2D eigenvalue weighted by molar-refractivity contribution is 0.194. The molecule has 1 fully saturated rings. The van der Waals surface area contributed by atoms with Gasteiger partial charge in [0.25, 0.3) is 0 Å². The molecule has 1 N–H and O–H groups in total. The van der Waals surface area contributed by atoms with E-state index < -0.39 is 21.9 Å². The summed E-state index contributed by atoms with van der Waals surface area (Å²) in [5.41, 5.74) is 2.54. The van der Waals surface area contributed by atoms with Gasteiger partial charge in [-0.2, -0.15) is 9.57 Å². The van der Waals surface area contributed by atoms with Crippen LogP contribution in [0.2, 0.25) is 5.02 Å². The van der Waals surface area contributed by atoms with Crippen molar-refractivity contribution >= 4 is 33.3 Å². The first-order valence-corrected chi connectivity index (χ1v) is 12.7. The molecule has 1 heterocycles. The minimum absolute atomic E-state index is 0.107. The second-order valence-electron chi connectivity index (χ2n) is 8.04. The number of rotatable bonds is 4. The summed E-state index contributed by atoms with van der Waals surface area (Å²) in [6, 6.07) is 19.5. The van der Waals surface area contributed by atoms with E-state index >= 15 is 0 Å². The van der Waals surface area contributed by atoms with Crippen LogP contribution in [0.5, 0.6) is 0 Å². The molecule has 180 valence electrons. The van der Waals surface area contributed by atoms with Gasteiger partial charge in [0.05, 0.1) is 11.1 Å². The molecule has 1 aliphatic rings. The van der Waals surface area contributed by atoms with E-state index in [1.807, 2.05) is 72.6 Å². The van der Waals surface area contributed by atoms with E-state index in [-0.39, 0.29) is 29.6 Å². The van der Waals surface area contributed by atoms with Crippen LogP contribution in [0.1, 0.15) is 17.2 Å². The molecule has 1 unspecified atom stereocenters. The van der Waals surface area contributed by atoms with E-state index in [4.69, 9.17) is 11.6 Å². The molecule has 4 rings (SSSR count). The van der Waals surface area contributed by atoms with Crippen molar-refractivity contribution in [2.24, 2.45) is 4.99 Å². The quantitative estimate of drug-likeness (QED) is 0.309. The summed E-state index contributed by atoms with van der Waals surface area (Å²) >= 11 is 6.13. The molecule has 1 saturated heterocycles. The maximum absolute atomic E-state index is 13.6. The van der Waals surface area contributed by atoms with E-state index in [1.165, 1.54) is 10.4 Å². The Labute approximate surface area is 209 Å². The van der Waals surface area contributed by atoms with Crippen molar-refractivity contribution in [3.05, 3.63) is 94.8 Å². The molecule has 0 aromatic heterocycles. The number of halogens is 2. The number of guanidine groups is 1. The zero-order valence-electron chi connectivity index (χ0n) is 18.9. The predicted molar refractivity (Wildman–Crippen MR) is 134 cm³/mol. The Morgan fingerprint density at radius 2 is 1.83 bits per heavy atom. The Morgan fingerprint density at radius 3 is 2.51 bits per heavy atom. The first kappa shape index (κ1) is 24.7. The zero-order valence-corrected chi connectivity index (χ0v) is 20.5. The van der Waals surface area contributed by atoms with Crippen LogP contribution in [-0.4, -0.2) is 43.2 Å². The second-order valence-corrected chi connectivity index (χ2v) is 10.3. The van der Waals surface area contributed by atoms with Gasteiger partial charge in [0.1, 0.15) is 10.7 Å². The maximum atomic E-state index is 13.6. The number of hydrogen-bond donors (Lipinski definition) is 1. The fourth-order valence-corrected chi connectivity index (χ4v) is 6.17. The molecule has 0 bridgehead atoms. The topological polar surface area (TPSA) is 88.8 Å². The molecule has 0 saturated carbocycles. The van der Waals surface area contributed by atoms with Crippen LogP contribution >= 0.6 is 11.6 Å². The Morgan fingerprint density at radius 1 is 1.11 bits per heavy atom. The normalized spacial score (nSPS) is 17.1. The molecule has 1 atom stereocenters. The van der Waals surface area contributed by atoms with Gasteiger partial charge in [-0.25, -0.2) is 12.8 Å². The van der Waals surface area contributed by atoms with Gasteiger partial charge in [0.15, 0.2) is 0 Å². The summed E-state index contributed by atoms with van der Waals surface area (Å²) in [5.74, 6) is -0.280. The summed E-state index contributed by atoms with van der Waals surface area (Å²) < 4.78 is 42.3. The molecule has 1 aliphatic heterocycles. The second kappa shape index (κ2) is 10.4. The van der Waals surface area contributed by atoms with Crippen LogP contribution in [0, 0.1) is 24.2 Å². The average molecular weight is 512 g/mol. The summed E-state index contributed by atoms with van der Waals surface area (Å²) in [7, 11) is -4.05. The third-order valence-electron chi connectivity index (χ3n) is 5.84. The number of para-hydroxylation sites is 1. The SMILES string of the molecule is Cc1ccccc1N/C(=N/C#N)N1CCN(S(=O)(=O)c2ccc(F)cc2Cl)C(c2ccccc2)C1. The lowest BCUT2D eigenvalue weighted by atomic mass is 10.0. The van der Waals surface area contributed by atoms with E-state index in [9.17, 15) is 18.1 Å². The van der Waals surface area contributed by atoms with Gasteiger partial charge in [0.2, 0.25) is 22.2 Å². The largest absolute Gasteiger partial charge is 0.339 e. The standard InChI is InChI=1S/C25H23ClFN5O2S/c1-18-7-5-6-10-22(18)30-25(29-17-28)31-13-14-32(23(16-31)19-8-3-2-4-9-19)35(33,34)24-12-11-20(27)15-21(24)26/h2-12,15,23H,13-14,16H2,1H3,(H,29,30). The highest BCUT2D eigenvalue weighted by Crippen LogP contribution is 2.34. The molecule has 10 heteroatoms. The van der Waals surface area contributed by atoms with Gasteiger partial charge in [0, 0.05) is 25.3 Å². The predicted octanol–water partition coefficient (Wildman–Crippen LogP) is 4.78. The Bertz CT molecular complexity index is 1390. The zero-order chi connectivity index (χ0) is 25.0. The van der Waals surface area contributed by atoms with Crippen molar-refractivity contribution in [2.45, 2.75) is 17.9 Å². The van der Waals surface area contributed by atoms with Crippen LogP contribution in [0.15, 0.2) is 82.7 Å². The molecule has 0 radical (unpaired) electrons. The number of aryl methyl sites for hydroxylation is 1. The average Bonchev–Trinajstić information content (AvgIpc) is 2.85. The van der Waals surface area contributed by atoms with Gasteiger partial charge in [-0.05, 0) is 42.3 Å². The van der Waals surface area contributed by atoms with Gasteiger partial charge in [-0.3, -0.25) is 0 Å². The van der Waals surface area contributed by atoms with Crippen LogP contribution in [0.4, 0.5) is 10.1 Å². The number of anilines is 1. The number of aliphatic imine (C=N–C) groups is 1. The van der Waals surface area contributed by atoms with Crippen molar-refractivity contribution in [1.29, 1.82) is 5.26 Å². The highest BCUT2D eigenvalue weighted by Gasteiger charge is 2.39. The lowest BCUT2D eigenvalue weighted by Crippen LogP contribution is -2.53. The number of benzene rings is 3. The van der Waals surface area contributed by atoms with Crippen LogP contribution in [0.3, 0.4) is 0 Å². The highest BCUT2D eigenvalue weighted by molar-refractivity contribution is 7.89. The van der Waals surface area contributed by atoms with E-state index in [1.54, 1.807) is 0 Å². The minimum Gasteiger partial charge on any atom is -0.339 e. The van der Waals surface area contributed by atoms with Gasteiger partial charge >= 0.3 is 0 Å². The third-order valence-corrected chi connectivity index (χ3v) is 8.23. The Hall–Kier alpha value is -3.45. The van der Waals surface area contributed by atoms with Gasteiger partial charge in [-0.15, -0.1) is 4.99 Å². The number of nitrogens with one attached hydrogen (secondary N) is 1. The number of hydrogen-bond acceptors (Lipinski definition) is 4. The van der Waals surface area contributed by atoms with E-state index in [0.29, 0.717) is 5.96 Å². The number of nitriles is 1. The molecular formula is C25H23ClFN5O2S. The van der Waals surface area contributed by atoms with E-state index in [0.717, 1.165) is 28.9 Å². The monoisotopic (exact) mass is 511 g/mol. The summed E-state index contributed by atoms with van der Waals surface area (Å²) in [5, 5.41) is 12.4. The smallest absolute Gasteiger partial charge is 0.245 e. The van der Waals surface area contributed by atoms with Crippen molar-refractivity contribution < 1.29 is 12.8 Å². The van der Waals surface area contributed by atoms with Crippen molar-refractivity contribution in [1.82, 2.24) is 9.21 Å². The summed E-state index contributed by atoms with van der Waals surface area (Å²) in [6.07, 6.45) is 1.84. The molecule has 35 heavy (non-hydrogen) atoms. The van der Waals surface area contributed by atoms with Crippen LogP contribution < -0.4 is 5.32 Å². The molecular weight excluding hydrogens is 489 g/mol. The fourth-order valence-electron chi connectivity index (χ4n) is 4.06. The summed E-state index contributed by atoms with van der Waals surface area (Å²) in [6.45, 7) is 2.56.